The maximum atomic E-state index is 5.87. The molecule has 0 amide bonds. The van der Waals surface area contributed by atoms with Gasteiger partial charge in [-0.3, -0.25) is 4.90 Å². The standard InChI is InChI=1S/C17H28N4O.HI/c1-3-14(2)20-17(18)19-12-15-4-6-16(7-5-15)13-21-8-10-22-11-9-21;/h4-7,14H,3,8-13H2,1-2H3,(H3,18,19,20);1H. The molecule has 0 radical (unpaired) electrons. The molecule has 2 rings (SSSR count). The third-order valence-corrected chi connectivity index (χ3v) is 3.97. The van der Waals surface area contributed by atoms with Gasteiger partial charge in [0.05, 0.1) is 19.8 Å². The SMILES string of the molecule is CCC(C)NC(N)=NCc1ccc(CN2CCOCC2)cc1.I. The number of nitrogens with zero attached hydrogens (tertiary/aromatic N) is 2. The molecular weight excluding hydrogens is 403 g/mol. The van der Waals surface area contributed by atoms with Crippen molar-refractivity contribution in [3.8, 4) is 0 Å². The highest BCUT2D eigenvalue weighted by molar-refractivity contribution is 14.0. The lowest BCUT2D eigenvalue weighted by molar-refractivity contribution is 0.0342. The summed E-state index contributed by atoms with van der Waals surface area (Å²) in [6, 6.07) is 8.99. The second-order valence-electron chi connectivity index (χ2n) is 5.86. The predicted octanol–water partition coefficient (Wildman–Crippen LogP) is 2.34. The maximum absolute atomic E-state index is 5.87. The molecule has 5 nitrogen and oxygen atoms in total. The van der Waals surface area contributed by atoms with E-state index in [9.17, 15) is 0 Å². The van der Waals surface area contributed by atoms with E-state index in [-0.39, 0.29) is 24.0 Å². The van der Waals surface area contributed by atoms with E-state index in [1.54, 1.807) is 0 Å². The van der Waals surface area contributed by atoms with Crippen molar-refractivity contribution in [2.24, 2.45) is 10.7 Å². The molecule has 130 valence electrons. The van der Waals surface area contributed by atoms with Crippen molar-refractivity contribution >= 4 is 29.9 Å². The van der Waals surface area contributed by atoms with Gasteiger partial charge in [0.1, 0.15) is 0 Å². The Morgan fingerprint density at radius 3 is 2.48 bits per heavy atom. The number of ether oxygens (including phenoxy) is 1. The van der Waals surface area contributed by atoms with Crippen LogP contribution in [0.5, 0.6) is 0 Å². The van der Waals surface area contributed by atoms with Crippen LogP contribution in [0.1, 0.15) is 31.4 Å². The fourth-order valence-corrected chi connectivity index (χ4v) is 2.34. The quantitative estimate of drug-likeness (QED) is 0.412. The minimum Gasteiger partial charge on any atom is -0.379 e. The fraction of sp³-hybridized carbons (Fsp3) is 0.588. The van der Waals surface area contributed by atoms with Gasteiger partial charge in [0.2, 0.25) is 0 Å². The summed E-state index contributed by atoms with van der Waals surface area (Å²) in [5.74, 6) is 0.520. The summed E-state index contributed by atoms with van der Waals surface area (Å²) in [4.78, 5) is 6.81. The zero-order chi connectivity index (χ0) is 15.8. The minimum atomic E-state index is 0. The molecule has 0 aromatic heterocycles. The molecule has 1 aromatic rings. The van der Waals surface area contributed by atoms with Gasteiger partial charge >= 0.3 is 0 Å². The van der Waals surface area contributed by atoms with Gasteiger partial charge in [0.25, 0.3) is 0 Å². The van der Waals surface area contributed by atoms with Crippen LogP contribution in [0.3, 0.4) is 0 Å². The second-order valence-corrected chi connectivity index (χ2v) is 5.86. The van der Waals surface area contributed by atoms with Gasteiger partial charge in [-0.15, -0.1) is 24.0 Å². The van der Waals surface area contributed by atoms with E-state index < -0.39 is 0 Å². The summed E-state index contributed by atoms with van der Waals surface area (Å²) >= 11 is 0. The first-order chi connectivity index (χ1) is 10.7. The van der Waals surface area contributed by atoms with Crippen molar-refractivity contribution in [3.05, 3.63) is 35.4 Å². The third-order valence-electron chi connectivity index (χ3n) is 3.97. The third kappa shape index (κ3) is 7.50. The Balaban J connectivity index is 0.00000264. The summed E-state index contributed by atoms with van der Waals surface area (Å²) in [5, 5.41) is 3.17. The van der Waals surface area contributed by atoms with Crippen LogP contribution in [0.25, 0.3) is 0 Å². The second kappa shape index (κ2) is 10.8. The smallest absolute Gasteiger partial charge is 0.189 e. The van der Waals surface area contributed by atoms with Gasteiger partial charge in [-0.1, -0.05) is 31.2 Å². The number of hydrogen-bond donors (Lipinski definition) is 2. The van der Waals surface area contributed by atoms with Crippen molar-refractivity contribution < 1.29 is 4.74 Å². The maximum Gasteiger partial charge on any atom is 0.189 e. The van der Waals surface area contributed by atoms with Gasteiger partial charge in [-0.05, 0) is 24.5 Å². The predicted molar refractivity (Wildman–Crippen MR) is 106 cm³/mol. The Kier molecular flexibility index (Phi) is 9.50. The summed E-state index contributed by atoms with van der Waals surface area (Å²) in [6.07, 6.45) is 1.03. The molecule has 0 spiro atoms. The number of rotatable bonds is 6. The van der Waals surface area contributed by atoms with Crippen molar-refractivity contribution in [1.29, 1.82) is 0 Å². The van der Waals surface area contributed by atoms with E-state index in [1.165, 1.54) is 11.1 Å². The van der Waals surface area contributed by atoms with E-state index in [1.807, 2.05) is 0 Å². The number of nitrogens with one attached hydrogen (secondary N) is 1. The highest BCUT2D eigenvalue weighted by Crippen LogP contribution is 2.10. The average molecular weight is 432 g/mol. The number of guanidine groups is 1. The van der Waals surface area contributed by atoms with Crippen molar-refractivity contribution in [2.75, 3.05) is 26.3 Å². The van der Waals surface area contributed by atoms with Crippen LogP contribution < -0.4 is 11.1 Å². The monoisotopic (exact) mass is 432 g/mol. The fourth-order valence-electron chi connectivity index (χ4n) is 2.34. The number of benzene rings is 1. The molecule has 1 aliphatic rings. The lowest BCUT2D eigenvalue weighted by Gasteiger charge is -2.26. The van der Waals surface area contributed by atoms with E-state index in [0.29, 0.717) is 18.5 Å². The highest BCUT2D eigenvalue weighted by Gasteiger charge is 2.10. The largest absolute Gasteiger partial charge is 0.379 e. The number of nitrogens with two attached hydrogens (primary N) is 1. The normalized spacial score (nSPS) is 17.4. The Hall–Kier alpha value is -0.860. The van der Waals surface area contributed by atoms with Gasteiger partial charge in [-0.2, -0.15) is 0 Å². The first-order valence-electron chi connectivity index (χ1n) is 8.11. The minimum absolute atomic E-state index is 0. The van der Waals surface area contributed by atoms with Crippen LogP contribution in [0.15, 0.2) is 29.3 Å². The summed E-state index contributed by atoms with van der Waals surface area (Å²) in [6.45, 7) is 9.55. The first kappa shape index (κ1) is 20.2. The Morgan fingerprint density at radius 1 is 1.26 bits per heavy atom. The van der Waals surface area contributed by atoms with E-state index >= 15 is 0 Å². The molecule has 1 saturated heterocycles. The number of morpholine rings is 1. The zero-order valence-electron chi connectivity index (χ0n) is 14.1. The van der Waals surface area contributed by atoms with Gasteiger partial charge in [-0.25, -0.2) is 4.99 Å². The van der Waals surface area contributed by atoms with Crippen LogP contribution in [-0.4, -0.2) is 43.2 Å². The molecule has 0 aliphatic carbocycles. The molecule has 1 atom stereocenters. The number of halogens is 1. The zero-order valence-corrected chi connectivity index (χ0v) is 16.5. The summed E-state index contributed by atoms with van der Waals surface area (Å²) in [7, 11) is 0. The lowest BCUT2D eigenvalue weighted by Crippen LogP contribution is -2.38. The first-order valence-corrected chi connectivity index (χ1v) is 8.11. The van der Waals surface area contributed by atoms with Crippen LogP contribution in [0.2, 0.25) is 0 Å². The topological polar surface area (TPSA) is 62.9 Å². The summed E-state index contributed by atoms with van der Waals surface area (Å²) < 4.78 is 5.37. The molecule has 23 heavy (non-hydrogen) atoms. The molecule has 1 unspecified atom stereocenters. The van der Waals surface area contributed by atoms with Crippen molar-refractivity contribution in [2.45, 2.75) is 39.4 Å². The van der Waals surface area contributed by atoms with Gasteiger partial charge in [0.15, 0.2) is 5.96 Å². The molecule has 0 saturated carbocycles. The van der Waals surface area contributed by atoms with Crippen LogP contribution in [-0.2, 0) is 17.8 Å². The van der Waals surface area contributed by atoms with E-state index in [4.69, 9.17) is 10.5 Å². The molecule has 6 heteroatoms. The molecular formula is C17H29IN4O. The molecule has 1 heterocycles. The van der Waals surface area contributed by atoms with Crippen molar-refractivity contribution in [1.82, 2.24) is 10.2 Å². The van der Waals surface area contributed by atoms with Gasteiger partial charge in [0, 0.05) is 25.7 Å². The van der Waals surface area contributed by atoms with Crippen LogP contribution in [0.4, 0.5) is 0 Å². The van der Waals surface area contributed by atoms with E-state index in [2.05, 4.69) is 53.3 Å². The highest BCUT2D eigenvalue weighted by atomic mass is 127. The lowest BCUT2D eigenvalue weighted by atomic mass is 10.1. The van der Waals surface area contributed by atoms with Gasteiger partial charge < -0.3 is 15.8 Å². The van der Waals surface area contributed by atoms with Crippen LogP contribution in [0, 0.1) is 0 Å². The molecule has 3 N–H and O–H groups in total. The Bertz CT molecular complexity index is 472. The van der Waals surface area contributed by atoms with E-state index in [0.717, 1.165) is 39.3 Å². The number of hydrogen-bond acceptors (Lipinski definition) is 3. The molecule has 0 bridgehead atoms. The summed E-state index contributed by atoms with van der Waals surface area (Å²) in [5.41, 5.74) is 8.39. The molecule has 1 aromatic carbocycles. The molecule has 1 aliphatic heterocycles. The Labute approximate surface area is 156 Å². The number of aliphatic imine (C=N–C) groups is 1. The molecule has 1 fully saturated rings. The average Bonchev–Trinajstić information content (AvgIpc) is 2.55. The van der Waals surface area contributed by atoms with Crippen molar-refractivity contribution in [3.63, 3.8) is 0 Å². The van der Waals surface area contributed by atoms with Crippen LogP contribution >= 0.6 is 24.0 Å². The Morgan fingerprint density at radius 2 is 1.87 bits per heavy atom.